The van der Waals surface area contributed by atoms with Gasteiger partial charge in [0.1, 0.15) is 24.7 Å². The van der Waals surface area contributed by atoms with E-state index < -0.39 is 84.7 Å². The smallest absolute Gasteiger partial charge is 0.329 e. The third-order valence-electron chi connectivity index (χ3n) is 10.5. The quantitative estimate of drug-likeness (QED) is 0.0999. The standard InChI is InChI=1S/C41H56N6O10/c1-3-5-16-31(38(42)53)44-34(49)22-43-40(55)37(52)30(11-4-2)45-39(54)32-21-29(57-24-35(50)51)23-47(32)41(56)36(27-13-7-6-8-14-27)46-33(48)20-25-17-18-26-12-9-10-15-28(26)19-25/h9-10,12,15,17-19,27,29-32,36H,3-8,11,13-14,16,20-24H2,1-2H3,(H2,42,53)(H,43,55)(H,44,49)(H,45,54)(H,46,48)(H,50,51)/t29-,30?,31?,32+,36?/m1/s1. The van der Waals surface area contributed by atoms with Crippen LogP contribution in [0.3, 0.4) is 0 Å². The van der Waals surface area contributed by atoms with Gasteiger partial charge in [-0.2, -0.15) is 0 Å². The van der Waals surface area contributed by atoms with Crippen molar-refractivity contribution in [2.45, 2.75) is 121 Å². The molecule has 5 atom stereocenters. The van der Waals surface area contributed by atoms with Gasteiger partial charge in [0.05, 0.1) is 25.1 Å². The monoisotopic (exact) mass is 792 g/mol. The van der Waals surface area contributed by atoms with Crippen LogP contribution in [-0.4, -0.2) is 107 Å². The lowest BCUT2D eigenvalue weighted by Gasteiger charge is -2.35. The Morgan fingerprint density at radius 1 is 0.860 bits per heavy atom. The highest BCUT2D eigenvalue weighted by atomic mass is 16.5. The summed E-state index contributed by atoms with van der Waals surface area (Å²) in [6, 6.07) is 9.04. The maximum Gasteiger partial charge on any atom is 0.329 e. The molecule has 0 radical (unpaired) electrons. The predicted octanol–water partition coefficient (Wildman–Crippen LogP) is 1.65. The van der Waals surface area contributed by atoms with E-state index in [1.54, 1.807) is 6.92 Å². The number of carboxylic acids is 1. The number of Topliss-reactive ketones (excluding diaryl/α,β-unsaturated/α-hetero) is 1. The molecule has 6 amide bonds. The van der Waals surface area contributed by atoms with E-state index in [0.717, 1.165) is 42.0 Å². The first kappa shape index (κ1) is 44.3. The van der Waals surface area contributed by atoms with Gasteiger partial charge >= 0.3 is 5.97 Å². The summed E-state index contributed by atoms with van der Waals surface area (Å²) in [6.45, 7) is 2.23. The number of carbonyl (C=O) groups is 8. The van der Waals surface area contributed by atoms with Crippen LogP contribution in [0.4, 0.5) is 0 Å². The predicted molar refractivity (Wildman–Crippen MR) is 209 cm³/mol. The van der Waals surface area contributed by atoms with Gasteiger partial charge in [-0.1, -0.05) is 94.8 Å². The number of carbonyl (C=O) groups excluding carboxylic acids is 7. The van der Waals surface area contributed by atoms with E-state index in [4.69, 9.17) is 10.5 Å². The molecular formula is C41H56N6O10. The number of hydrogen-bond donors (Lipinski definition) is 6. The number of amides is 6. The lowest BCUT2D eigenvalue weighted by molar-refractivity contribution is -0.145. The van der Waals surface area contributed by atoms with E-state index in [2.05, 4.69) is 21.3 Å². The molecule has 1 saturated heterocycles. The Hall–Kier alpha value is -5.38. The van der Waals surface area contributed by atoms with E-state index in [9.17, 15) is 43.5 Å². The zero-order valence-electron chi connectivity index (χ0n) is 32.8. The van der Waals surface area contributed by atoms with Gasteiger partial charge < -0.3 is 41.7 Å². The summed E-state index contributed by atoms with van der Waals surface area (Å²) in [5.41, 5.74) is 6.14. The van der Waals surface area contributed by atoms with Gasteiger partial charge in [-0.05, 0) is 47.9 Å². The number of unbranched alkanes of at least 4 members (excludes halogenated alkanes) is 1. The van der Waals surface area contributed by atoms with Gasteiger partial charge in [0, 0.05) is 13.0 Å². The number of nitrogens with one attached hydrogen (secondary N) is 4. The highest BCUT2D eigenvalue weighted by Gasteiger charge is 2.45. The molecule has 1 aliphatic heterocycles. The van der Waals surface area contributed by atoms with E-state index in [1.165, 1.54) is 4.90 Å². The van der Waals surface area contributed by atoms with Crippen molar-refractivity contribution in [1.29, 1.82) is 0 Å². The van der Waals surface area contributed by atoms with E-state index in [-0.39, 0.29) is 37.6 Å². The van der Waals surface area contributed by atoms with Crippen molar-refractivity contribution in [2.75, 3.05) is 19.7 Å². The Morgan fingerprint density at radius 3 is 2.25 bits per heavy atom. The number of hydrogen-bond acceptors (Lipinski definition) is 9. The summed E-state index contributed by atoms with van der Waals surface area (Å²) in [6.07, 6.45) is 5.30. The number of ether oxygens (including phenoxy) is 1. The summed E-state index contributed by atoms with van der Waals surface area (Å²) in [7, 11) is 0. The second-order valence-electron chi connectivity index (χ2n) is 14.9. The Labute approximate surface area is 332 Å². The fraction of sp³-hybridized carbons (Fsp3) is 0.561. The number of nitrogens with zero attached hydrogens (tertiary/aromatic N) is 1. The first-order chi connectivity index (χ1) is 27.3. The number of ketones is 1. The molecule has 2 fully saturated rings. The van der Waals surface area contributed by atoms with Gasteiger partial charge in [0.25, 0.3) is 5.91 Å². The molecule has 7 N–H and O–H groups in total. The summed E-state index contributed by atoms with van der Waals surface area (Å²) in [5, 5.41) is 21.5. The van der Waals surface area contributed by atoms with Crippen molar-refractivity contribution in [3.8, 4) is 0 Å². The van der Waals surface area contributed by atoms with Gasteiger partial charge in [-0.3, -0.25) is 33.6 Å². The van der Waals surface area contributed by atoms with Crippen molar-refractivity contribution < 1.29 is 48.2 Å². The van der Waals surface area contributed by atoms with Crippen LogP contribution < -0.4 is 27.0 Å². The number of benzene rings is 2. The molecule has 310 valence electrons. The molecule has 0 spiro atoms. The molecule has 4 rings (SSSR count). The lowest BCUT2D eigenvalue weighted by atomic mass is 9.83. The summed E-state index contributed by atoms with van der Waals surface area (Å²) in [4.78, 5) is 105. The van der Waals surface area contributed by atoms with E-state index in [0.29, 0.717) is 32.1 Å². The Balaban J connectivity index is 1.49. The number of rotatable bonds is 21. The van der Waals surface area contributed by atoms with Crippen LogP contribution in [0.25, 0.3) is 10.8 Å². The van der Waals surface area contributed by atoms with Crippen LogP contribution in [0.1, 0.15) is 90.0 Å². The molecule has 1 aliphatic carbocycles. The Morgan fingerprint density at radius 2 is 1.58 bits per heavy atom. The van der Waals surface area contributed by atoms with Crippen LogP contribution in [0.5, 0.6) is 0 Å². The molecule has 3 unspecified atom stereocenters. The average Bonchev–Trinajstić information content (AvgIpc) is 3.64. The largest absolute Gasteiger partial charge is 0.480 e. The maximum atomic E-state index is 14.5. The molecule has 0 bridgehead atoms. The molecule has 0 aromatic heterocycles. The molecular weight excluding hydrogens is 736 g/mol. The Kier molecular flexibility index (Phi) is 17.0. The molecule has 2 aromatic carbocycles. The normalized spacial score (nSPS) is 18.5. The van der Waals surface area contributed by atoms with Crippen molar-refractivity contribution in [3.05, 3.63) is 48.0 Å². The van der Waals surface area contributed by atoms with Crippen LogP contribution in [0.15, 0.2) is 42.5 Å². The van der Waals surface area contributed by atoms with Gasteiger partial charge in [-0.15, -0.1) is 0 Å². The molecule has 16 heteroatoms. The second kappa shape index (κ2) is 21.8. The van der Waals surface area contributed by atoms with Crippen LogP contribution in [-0.2, 0) is 49.5 Å². The summed E-state index contributed by atoms with van der Waals surface area (Å²) >= 11 is 0. The van der Waals surface area contributed by atoms with Crippen molar-refractivity contribution in [3.63, 3.8) is 0 Å². The average molecular weight is 793 g/mol. The number of likely N-dealkylation sites (tertiary alicyclic amines) is 1. The fourth-order valence-corrected chi connectivity index (χ4v) is 7.56. The molecule has 16 nitrogen and oxygen atoms in total. The van der Waals surface area contributed by atoms with Gasteiger partial charge in [-0.25, -0.2) is 4.79 Å². The highest BCUT2D eigenvalue weighted by Crippen LogP contribution is 2.30. The Bertz CT molecular complexity index is 1780. The molecule has 1 heterocycles. The highest BCUT2D eigenvalue weighted by molar-refractivity contribution is 6.38. The minimum atomic E-state index is -1.32. The van der Waals surface area contributed by atoms with E-state index in [1.807, 2.05) is 49.4 Å². The van der Waals surface area contributed by atoms with Gasteiger partial charge in [0.2, 0.25) is 35.3 Å². The number of aliphatic carboxylic acids is 1. The van der Waals surface area contributed by atoms with Crippen LogP contribution in [0.2, 0.25) is 0 Å². The maximum absolute atomic E-state index is 14.5. The minimum absolute atomic E-state index is 0.0186. The van der Waals surface area contributed by atoms with Crippen molar-refractivity contribution in [1.82, 2.24) is 26.2 Å². The summed E-state index contributed by atoms with van der Waals surface area (Å²) < 4.78 is 5.54. The SMILES string of the molecule is CCCCC(NC(=O)CNC(=O)C(=O)C(CCC)NC(=O)[C@@H]1C[C@@H](OCC(=O)O)CN1C(=O)C(NC(=O)Cc1ccc2ccccc2c1)C1CCCCC1)C(N)=O. The number of primary amides is 1. The van der Waals surface area contributed by atoms with Crippen LogP contribution >= 0.6 is 0 Å². The third-order valence-corrected chi connectivity index (χ3v) is 10.5. The zero-order valence-corrected chi connectivity index (χ0v) is 32.8. The number of fused-ring (bicyclic) bond motifs is 1. The first-order valence-corrected chi connectivity index (χ1v) is 19.9. The van der Waals surface area contributed by atoms with E-state index >= 15 is 0 Å². The van der Waals surface area contributed by atoms with Crippen LogP contribution in [0, 0.1) is 5.92 Å². The van der Waals surface area contributed by atoms with Gasteiger partial charge in [0.15, 0.2) is 0 Å². The fourth-order valence-electron chi connectivity index (χ4n) is 7.56. The second-order valence-corrected chi connectivity index (χ2v) is 14.9. The molecule has 2 aliphatic rings. The van der Waals surface area contributed by atoms with Crippen molar-refractivity contribution >= 4 is 58.0 Å². The molecule has 1 saturated carbocycles. The topological polar surface area (TPSA) is 243 Å². The lowest BCUT2D eigenvalue weighted by Crippen LogP contribution is -2.58. The third kappa shape index (κ3) is 13.1. The molecule has 57 heavy (non-hydrogen) atoms. The van der Waals surface area contributed by atoms with Crippen molar-refractivity contribution in [2.24, 2.45) is 11.7 Å². The first-order valence-electron chi connectivity index (χ1n) is 19.9. The minimum Gasteiger partial charge on any atom is -0.480 e. The summed E-state index contributed by atoms with van der Waals surface area (Å²) in [5.74, 6) is -6.71. The number of carboxylic acid groups (broad SMARTS) is 1. The zero-order chi connectivity index (χ0) is 41.5. The number of nitrogens with two attached hydrogens (primary N) is 1. The molecule has 2 aromatic rings.